The minimum atomic E-state index is -0.157. The van der Waals surface area contributed by atoms with Crippen molar-refractivity contribution in [2.45, 2.75) is 52.7 Å². The normalized spacial score (nSPS) is 12.0. The summed E-state index contributed by atoms with van der Waals surface area (Å²) in [5.41, 5.74) is 3.16. The van der Waals surface area contributed by atoms with Gasteiger partial charge in [0.1, 0.15) is 22.8 Å². The van der Waals surface area contributed by atoms with Gasteiger partial charge in [-0.25, -0.2) is 0 Å². The van der Waals surface area contributed by atoms with E-state index in [0.717, 1.165) is 24.2 Å². The van der Waals surface area contributed by atoms with Crippen molar-refractivity contribution in [2.75, 3.05) is 0 Å². The Morgan fingerprint density at radius 3 is 2.41 bits per heavy atom. The molecule has 1 heterocycles. The number of hydrogen-bond acceptors (Lipinski definition) is 4. The molecule has 0 saturated heterocycles. The molecule has 2 aromatic carbocycles. The van der Waals surface area contributed by atoms with Crippen LogP contribution >= 0.6 is 0 Å². The van der Waals surface area contributed by atoms with E-state index in [1.165, 1.54) is 5.56 Å². The molecule has 0 bridgehead atoms. The number of nitrogens with one attached hydrogen (secondary N) is 1. The fraction of sp³-hybridized carbons (Fsp3) is 0.333. The predicted octanol–water partition coefficient (Wildman–Crippen LogP) is 5.19. The van der Waals surface area contributed by atoms with Gasteiger partial charge in [0.25, 0.3) is 5.91 Å². The van der Waals surface area contributed by atoms with Gasteiger partial charge in [0, 0.05) is 11.6 Å². The summed E-state index contributed by atoms with van der Waals surface area (Å²) < 4.78 is 11.0. The smallest absolute Gasteiger partial charge is 0.257 e. The SMILES string of the molecule is Cc1onc(-c2ccccc2)c1C(=O)NC(C)CCc1ccc(OC(C)C)cc1. The molecule has 0 aliphatic rings. The van der Waals surface area contributed by atoms with Gasteiger partial charge in [0.15, 0.2) is 0 Å². The first-order valence-electron chi connectivity index (χ1n) is 10.0. The zero-order chi connectivity index (χ0) is 20.8. The average molecular weight is 392 g/mol. The van der Waals surface area contributed by atoms with Crippen molar-refractivity contribution in [3.05, 3.63) is 71.5 Å². The number of aromatic nitrogens is 1. The number of benzene rings is 2. The Hall–Kier alpha value is -3.08. The maximum Gasteiger partial charge on any atom is 0.257 e. The summed E-state index contributed by atoms with van der Waals surface area (Å²) in [5, 5.41) is 7.17. The van der Waals surface area contributed by atoms with Crippen molar-refractivity contribution in [1.29, 1.82) is 0 Å². The van der Waals surface area contributed by atoms with E-state index in [4.69, 9.17) is 9.26 Å². The molecule has 0 saturated carbocycles. The maximum absolute atomic E-state index is 12.9. The Kier molecular flexibility index (Phi) is 6.70. The molecule has 5 heteroatoms. The molecular weight excluding hydrogens is 364 g/mol. The van der Waals surface area contributed by atoms with Crippen molar-refractivity contribution >= 4 is 5.91 Å². The van der Waals surface area contributed by atoms with Crippen LogP contribution in [0.2, 0.25) is 0 Å². The highest BCUT2D eigenvalue weighted by Gasteiger charge is 2.22. The molecule has 5 nitrogen and oxygen atoms in total. The monoisotopic (exact) mass is 392 g/mol. The number of aryl methyl sites for hydroxylation is 2. The van der Waals surface area contributed by atoms with Crippen molar-refractivity contribution in [1.82, 2.24) is 10.5 Å². The van der Waals surface area contributed by atoms with Crippen LogP contribution in [0.4, 0.5) is 0 Å². The quantitative estimate of drug-likeness (QED) is 0.573. The fourth-order valence-electron chi connectivity index (χ4n) is 3.19. The lowest BCUT2D eigenvalue weighted by Crippen LogP contribution is -2.33. The van der Waals surface area contributed by atoms with E-state index in [0.29, 0.717) is 17.0 Å². The van der Waals surface area contributed by atoms with Crippen LogP contribution in [0.5, 0.6) is 5.75 Å². The molecule has 1 N–H and O–H groups in total. The van der Waals surface area contributed by atoms with Gasteiger partial charge in [-0.05, 0) is 58.2 Å². The van der Waals surface area contributed by atoms with Crippen LogP contribution < -0.4 is 10.1 Å². The molecule has 1 amide bonds. The minimum absolute atomic E-state index is 0.0204. The second kappa shape index (κ2) is 9.41. The van der Waals surface area contributed by atoms with Gasteiger partial charge >= 0.3 is 0 Å². The molecule has 152 valence electrons. The molecule has 1 aromatic heterocycles. The molecule has 1 unspecified atom stereocenters. The Morgan fingerprint density at radius 2 is 1.76 bits per heavy atom. The summed E-state index contributed by atoms with van der Waals surface area (Å²) in [7, 11) is 0. The molecular formula is C24H28N2O3. The number of nitrogens with zero attached hydrogens (tertiary/aromatic N) is 1. The van der Waals surface area contributed by atoms with Gasteiger partial charge in [-0.15, -0.1) is 0 Å². The van der Waals surface area contributed by atoms with Crippen LogP contribution in [0.1, 0.15) is 48.9 Å². The van der Waals surface area contributed by atoms with E-state index in [9.17, 15) is 4.79 Å². The molecule has 29 heavy (non-hydrogen) atoms. The van der Waals surface area contributed by atoms with Crippen LogP contribution in [0, 0.1) is 6.92 Å². The highest BCUT2D eigenvalue weighted by molar-refractivity contribution is 6.00. The average Bonchev–Trinajstić information content (AvgIpc) is 3.09. The van der Waals surface area contributed by atoms with E-state index < -0.39 is 0 Å². The van der Waals surface area contributed by atoms with Crippen LogP contribution in [-0.4, -0.2) is 23.2 Å². The third-order valence-electron chi connectivity index (χ3n) is 4.68. The number of ether oxygens (including phenoxy) is 1. The Morgan fingerprint density at radius 1 is 1.07 bits per heavy atom. The number of hydrogen-bond donors (Lipinski definition) is 1. The molecule has 3 rings (SSSR count). The lowest BCUT2D eigenvalue weighted by Gasteiger charge is -2.14. The molecule has 0 fully saturated rings. The van der Waals surface area contributed by atoms with Crippen molar-refractivity contribution in [3.8, 4) is 17.0 Å². The predicted molar refractivity (Wildman–Crippen MR) is 114 cm³/mol. The Labute approximate surface area is 172 Å². The minimum Gasteiger partial charge on any atom is -0.491 e. The first-order valence-corrected chi connectivity index (χ1v) is 10.0. The van der Waals surface area contributed by atoms with Crippen molar-refractivity contribution in [2.24, 2.45) is 0 Å². The van der Waals surface area contributed by atoms with Gasteiger partial charge in [-0.1, -0.05) is 47.6 Å². The molecule has 0 aliphatic carbocycles. The topological polar surface area (TPSA) is 64.4 Å². The largest absolute Gasteiger partial charge is 0.491 e. The number of rotatable bonds is 8. The first kappa shape index (κ1) is 20.6. The number of amides is 1. The van der Waals surface area contributed by atoms with E-state index in [1.54, 1.807) is 6.92 Å². The Balaban J connectivity index is 1.59. The molecule has 0 aliphatic heterocycles. The highest BCUT2D eigenvalue weighted by Crippen LogP contribution is 2.25. The van der Waals surface area contributed by atoms with Gasteiger partial charge in [0.05, 0.1) is 6.10 Å². The van der Waals surface area contributed by atoms with E-state index in [1.807, 2.05) is 63.2 Å². The van der Waals surface area contributed by atoms with Gasteiger partial charge in [-0.2, -0.15) is 0 Å². The van der Waals surface area contributed by atoms with E-state index in [-0.39, 0.29) is 18.1 Å². The van der Waals surface area contributed by atoms with Gasteiger partial charge in [0.2, 0.25) is 0 Å². The zero-order valence-corrected chi connectivity index (χ0v) is 17.4. The van der Waals surface area contributed by atoms with Crippen LogP contribution in [-0.2, 0) is 6.42 Å². The summed E-state index contributed by atoms with van der Waals surface area (Å²) in [6, 6.07) is 17.8. The summed E-state index contributed by atoms with van der Waals surface area (Å²) >= 11 is 0. The summed E-state index contributed by atoms with van der Waals surface area (Å²) in [4.78, 5) is 12.9. The molecule has 0 spiro atoms. The third-order valence-corrected chi connectivity index (χ3v) is 4.68. The van der Waals surface area contributed by atoms with Crippen LogP contribution in [0.25, 0.3) is 11.3 Å². The number of carbonyl (C=O) groups excluding carboxylic acids is 1. The standard InChI is InChI=1S/C24H28N2O3/c1-16(2)28-21-14-12-19(13-15-21)11-10-17(3)25-24(27)22-18(4)29-26-23(22)20-8-6-5-7-9-20/h5-9,12-17H,10-11H2,1-4H3,(H,25,27). The summed E-state index contributed by atoms with van der Waals surface area (Å²) in [5.74, 6) is 1.24. The van der Waals surface area contributed by atoms with Crippen molar-refractivity contribution in [3.63, 3.8) is 0 Å². The first-order chi connectivity index (χ1) is 13.9. The molecule has 3 aromatic rings. The van der Waals surface area contributed by atoms with E-state index >= 15 is 0 Å². The summed E-state index contributed by atoms with van der Waals surface area (Å²) in [6.07, 6.45) is 1.87. The lowest BCUT2D eigenvalue weighted by atomic mass is 10.0. The van der Waals surface area contributed by atoms with Gasteiger partial charge < -0.3 is 14.6 Å². The van der Waals surface area contributed by atoms with Crippen LogP contribution in [0.15, 0.2) is 59.1 Å². The maximum atomic E-state index is 12.9. The highest BCUT2D eigenvalue weighted by atomic mass is 16.5. The summed E-state index contributed by atoms with van der Waals surface area (Å²) in [6.45, 7) is 7.80. The lowest BCUT2D eigenvalue weighted by molar-refractivity contribution is 0.0937. The van der Waals surface area contributed by atoms with E-state index in [2.05, 4.69) is 22.6 Å². The second-order valence-electron chi connectivity index (χ2n) is 7.55. The Bertz CT molecular complexity index is 931. The number of carbonyl (C=O) groups is 1. The van der Waals surface area contributed by atoms with Gasteiger partial charge in [-0.3, -0.25) is 4.79 Å². The molecule has 1 atom stereocenters. The third kappa shape index (κ3) is 5.47. The van der Waals surface area contributed by atoms with Crippen molar-refractivity contribution < 1.29 is 14.1 Å². The zero-order valence-electron chi connectivity index (χ0n) is 17.4. The van der Waals surface area contributed by atoms with Crippen LogP contribution in [0.3, 0.4) is 0 Å². The molecule has 0 radical (unpaired) electrons. The fourth-order valence-corrected chi connectivity index (χ4v) is 3.19. The second-order valence-corrected chi connectivity index (χ2v) is 7.55.